The Hall–Kier alpha value is -2.67. The number of amides is 1. The van der Waals surface area contributed by atoms with Gasteiger partial charge in [0.05, 0.1) is 6.54 Å². The fraction of sp³-hybridized carbons (Fsp3) is 0.222. The minimum atomic E-state index is -0.236. The first-order valence-corrected chi connectivity index (χ1v) is 8.99. The molecule has 1 amide bonds. The van der Waals surface area contributed by atoms with Gasteiger partial charge in [0.25, 0.3) is 5.91 Å². The van der Waals surface area contributed by atoms with Crippen molar-refractivity contribution in [3.63, 3.8) is 0 Å². The molecule has 2 heterocycles. The van der Waals surface area contributed by atoms with E-state index in [0.717, 1.165) is 22.7 Å². The molecule has 7 heteroatoms. The first-order chi connectivity index (χ1) is 12.1. The molecule has 1 aromatic carbocycles. The average Bonchev–Trinajstić information content (AvgIpc) is 3.08. The lowest BCUT2D eigenvalue weighted by Crippen LogP contribution is -2.15. The van der Waals surface area contributed by atoms with Gasteiger partial charge < -0.3 is 5.32 Å². The molecule has 0 unspecified atom stereocenters. The summed E-state index contributed by atoms with van der Waals surface area (Å²) in [5, 5.41) is 7.73. The molecule has 6 nitrogen and oxygen atoms in total. The Labute approximate surface area is 150 Å². The van der Waals surface area contributed by atoms with E-state index in [1.807, 2.05) is 55.1 Å². The smallest absolute Gasteiger partial charge is 0.274 e. The van der Waals surface area contributed by atoms with E-state index in [9.17, 15) is 4.79 Å². The van der Waals surface area contributed by atoms with Gasteiger partial charge in [0.2, 0.25) is 0 Å². The van der Waals surface area contributed by atoms with Crippen molar-refractivity contribution in [1.82, 2.24) is 19.7 Å². The number of benzene rings is 1. The third-order valence-corrected chi connectivity index (χ3v) is 4.16. The highest BCUT2D eigenvalue weighted by Gasteiger charge is 2.11. The Morgan fingerprint density at radius 1 is 1.24 bits per heavy atom. The molecule has 0 radical (unpaired) electrons. The van der Waals surface area contributed by atoms with Crippen molar-refractivity contribution in [3.05, 3.63) is 65.7 Å². The fourth-order valence-electron chi connectivity index (χ4n) is 2.37. The third kappa shape index (κ3) is 4.67. The maximum Gasteiger partial charge on any atom is 0.274 e. The predicted octanol–water partition coefficient (Wildman–Crippen LogP) is 3.39. The lowest BCUT2D eigenvalue weighted by Gasteiger charge is -2.09. The maximum absolute atomic E-state index is 12.5. The van der Waals surface area contributed by atoms with Gasteiger partial charge in [-0.25, -0.2) is 9.97 Å². The zero-order valence-corrected chi connectivity index (χ0v) is 15.0. The molecule has 3 rings (SSSR count). The van der Waals surface area contributed by atoms with Gasteiger partial charge >= 0.3 is 0 Å². The van der Waals surface area contributed by atoms with Gasteiger partial charge in [0.15, 0.2) is 5.16 Å². The van der Waals surface area contributed by atoms with Crippen molar-refractivity contribution in [2.45, 2.75) is 25.5 Å². The van der Waals surface area contributed by atoms with Gasteiger partial charge in [-0.05, 0) is 42.5 Å². The summed E-state index contributed by atoms with van der Waals surface area (Å²) in [7, 11) is 0. The van der Waals surface area contributed by atoms with Crippen LogP contribution in [0.15, 0.2) is 53.9 Å². The van der Waals surface area contributed by atoms with Gasteiger partial charge in [-0.3, -0.25) is 9.48 Å². The normalized spacial score (nSPS) is 10.6. The van der Waals surface area contributed by atoms with Crippen LogP contribution in [0.25, 0.3) is 0 Å². The number of nitrogens with one attached hydrogen (secondary N) is 1. The average molecular weight is 353 g/mol. The largest absolute Gasteiger partial charge is 0.321 e. The van der Waals surface area contributed by atoms with Gasteiger partial charge in [-0.15, -0.1) is 0 Å². The number of hydrogen-bond donors (Lipinski definition) is 1. The van der Waals surface area contributed by atoms with Crippen LogP contribution in [0.4, 0.5) is 5.69 Å². The van der Waals surface area contributed by atoms with Gasteiger partial charge in [-0.2, -0.15) is 5.10 Å². The number of rotatable bonds is 6. The summed E-state index contributed by atoms with van der Waals surface area (Å²) in [5.74, 6) is 0.625. The molecule has 0 aliphatic carbocycles. The Morgan fingerprint density at radius 3 is 2.88 bits per heavy atom. The van der Waals surface area contributed by atoms with E-state index in [0.29, 0.717) is 17.4 Å². The Morgan fingerprint density at radius 2 is 2.12 bits per heavy atom. The highest BCUT2D eigenvalue weighted by molar-refractivity contribution is 7.99. The quantitative estimate of drug-likeness (QED) is 0.543. The van der Waals surface area contributed by atoms with E-state index in [-0.39, 0.29) is 5.91 Å². The standard InChI is InChI=1S/C18H19N5OS/c1-3-25-18-20-13(2)10-16(22-18)17(24)21-15-7-4-6-14(11-15)12-23-9-5-8-19-23/h4-11H,3,12H2,1-2H3,(H,21,24). The van der Waals surface area contributed by atoms with Crippen LogP contribution in [0.3, 0.4) is 0 Å². The van der Waals surface area contributed by atoms with E-state index >= 15 is 0 Å². The van der Waals surface area contributed by atoms with Crippen LogP contribution < -0.4 is 5.32 Å². The zero-order chi connectivity index (χ0) is 17.6. The van der Waals surface area contributed by atoms with Gasteiger partial charge in [0, 0.05) is 23.8 Å². The summed E-state index contributed by atoms with van der Waals surface area (Å²) in [6, 6.07) is 11.3. The van der Waals surface area contributed by atoms with E-state index in [4.69, 9.17) is 0 Å². The third-order valence-electron chi connectivity index (χ3n) is 3.43. The molecule has 25 heavy (non-hydrogen) atoms. The minimum Gasteiger partial charge on any atom is -0.321 e. The van der Waals surface area contributed by atoms with Crippen LogP contribution in [-0.4, -0.2) is 31.4 Å². The first-order valence-electron chi connectivity index (χ1n) is 8.00. The zero-order valence-electron chi connectivity index (χ0n) is 14.1. The lowest BCUT2D eigenvalue weighted by atomic mass is 10.2. The Kier molecular flexibility index (Phi) is 5.45. The minimum absolute atomic E-state index is 0.236. The second-order valence-electron chi connectivity index (χ2n) is 5.47. The molecular weight excluding hydrogens is 334 g/mol. The summed E-state index contributed by atoms with van der Waals surface area (Å²) in [5.41, 5.74) is 2.95. The molecule has 0 spiro atoms. The van der Waals surface area contributed by atoms with E-state index in [1.165, 1.54) is 11.8 Å². The van der Waals surface area contributed by atoms with Crippen LogP contribution in [0.2, 0.25) is 0 Å². The maximum atomic E-state index is 12.5. The molecule has 0 bridgehead atoms. The van der Waals surface area contributed by atoms with Crippen molar-refractivity contribution in [1.29, 1.82) is 0 Å². The number of aromatic nitrogens is 4. The second-order valence-corrected chi connectivity index (χ2v) is 6.70. The predicted molar refractivity (Wildman–Crippen MR) is 98.9 cm³/mol. The lowest BCUT2D eigenvalue weighted by molar-refractivity contribution is 0.102. The highest BCUT2D eigenvalue weighted by atomic mass is 32.2. The molecule has 0 saturated heterocycles. The number of nitrogens with zero attached hydrogens (tertiary/aromatic N) is 4. The number of carbonyl (C=O) groups is 1. The number of aryl methyl sites for hydroxylation is 1. The van der Waals surface area contributed by atoms with Crippen LogP contribution in [0.1, 0.15) is 28.7 Å². The SMILES string of the molecule is CCSc1nc(C)cc(C(=O)Nc2cccc(Cn3cccn3)c2)n1. The van der Waals surface area contributed by atoms with Crippen molar-refractivity contribution < 1.29 is 4.79 Å². The number of carbonyl (C=O) groups excluding carboxylic acids is 1. The molecule has 0 atom stereocenters. The molecule has 2 aromatic heterocycles. The fourth-order valence-corrected chi connectivity index (χ4v) is 3.00. The Bertz CT molecular complexity index is 864. The molecule has 0 aliphatic heterocycles. The molecular formula is C18H19N5OS. The molecule has 1 N–H and O–H groups in total. The summed E-state index contributed by atoms with van der Waals surface area (Å²) >= 11 is 1.52. The monoisotopic (exact) mass is 353 g/mol. The van der Waals surface area contributed by atoms with E-state index in [2.05, 4.69) is 20.4 Å². The number of thioether (sulfide) groups is 1. The van der Waals surface area contributed by atoms with Crippen molar-refractivity contribution in [2.75, 3.05) is 11.1 Å². The molecule has 0 aliphatic rings. The molecule has 0 saturated carbocycles. The van der Waals surface area contributed by atoms with Crippen LogP contribution in [0.5, 0.6) is 0 Å². The van der Waals surface area contributed by atoms with Gasteiger partial charge in [-0.1, -0.05) is 30.8 Å². The van der Waals surface area contributed by atoms with Crippen LogP contribution >= 0.6 is 11.8 Å². The number of hydrogen-bond acceptors (Lipinski definition) is 5. The number of anilines is 1. The molecule has 0 fully saturated rings. The van der Waals surface area contributed by atoms with E-state index in [1.54, 1.807) is 12.3 Å². The highest BCUT2D eigenvalue weighted by Crippen LogP contribution is 2.16. The first kappa shape index (κ1) is 17.2. The van der Waals surface area contributed by atoms with E-state index < -0.39 is 0 Å². The molecule has 128 valence electrons. The van der Waals surface area contributed by atoms with Crippen molar-refractivity contribution >= 4 is 23.4 Å². The molecule has 3 aromatic rings. The Balaban J connectivity index is 1.74. The summed E-state index contributed by atoms with van der Waals surface area (Å²) < 4.78 is 1.84. The van der Waals surface area contributed by atoms with Crippen LogP contribution in [0, 0.1) is 6.92 Å². The van der Waals surface area contributed by atoms with Crippen molar-refractivity contribution in [3.8, 4) is 0 Å². The van der Waals surface area contributed by atoms with Gasteiger partial charge in [0.1, 0.15) is 5.69 Å². The summed E-state index contributed by atoms with van der Waals surface area (Å²) in [4.78, 5) is 21.2. The summed E-state index contributed by atoms with van der Waals surface area (Å²) in [6.07, 6.45) is 3.65. The van der Waals surface area contributed by atoms with Crippen molar-refractivity contribution in [2.24, 2.45) is 0 Å². The summed E-state index contributed by atoms with van der Waals surface area (Å²) in [6.45, 7) is 4.55. The second kappa shape index (κ2) is 7.94. The van der Waals surface area contributed by atoms with Crippen LogP contribution in [-0.2, 0) is 6.54 Å². The topological polar surface area (TPSA) is 72.7 Å².